The number of nitrogens with one attached hydrogen (secondary N) is 1. The van der Waals surface area contributed by atoms with E-state index in [9.17, 15) is 9.70 Å². The van der Waals surface area contributed by atoms with Crippen LogP contribution in [-0.2, 0) is 0 Å². The standard InChI is InChI=1S/C14H13N3O2/c1-11-7-5-6-10-13(11)17(16-19)14(18)15-12-8-3-2-4-9-12/h2-10H,1H3,(H,15,18). The molecule has 19 heavy (non-hydrogen) atoms. The maximum Gasteiger partial charge on any atom is 0.349 e. The Balaban J connectivity index is 2.21. The largest absolute Gasteiger partial charge is 0.349 e. The smallest absolute Gasteiger partial charge is 0.306 e. The first kappa shape index (κ1) is 12.8. The average molecular weight is 255 g/mol. The predicted octanol–water partition coefficient (Wildman–Crippen LogP) is 3.71. The number of urea groups is 1. The Kier molecular flexibility index (Phi) is 3.87. The molecule has 5 heteroatoms. The first-order valence-corrected chi connectivity index (χ1v) is 5.77. The molecule has 0 spiro atoms. The van der Waals surface area contributed by atoms with Gasteiger partial charge in [-0.25, -0.2) is 4.79 Å². The fourth-order valence-electron chi connectivity index (χ4n) is 1.69. The third-order valence-electron chi connectivity index (χ3n) is 2.64. The molecule has 0 heterocycles. The van der Waals surface area contributed by atoms with Crippen molar-refractivity contribution in [2.24, 2.45) is 5.29 Å². The van der Waals surface area contributed by atoms with Gasteiger partial charge in [0.1, 0.15) is 0 Å². The van der Waals surface area contributed by atoms with E-state index in [1.54, 1.807) is 36.4 Å². The fraction of sp³-hybridized carbons (Fsp3) is 0.0714. The Hall–Kier alpha value is -2.69. The number of anilines is 2. The van der Waals surface area contributed by atoms with E-state index in [1.165, 1.54) is 0 Å². The van der Waals surface area contributed by atoms with Gasteiger partial charge in [0.25, 0.3) is 0 Å². The first-order chi connectivity index (χ1) is 9.22. The Morgan fingerprint density at radius 1 is 1.05 bits per heavy atom. The average Bonchev–Trinajstić information content (AvgIpc) is 2.43. The van der Waals surface area contributed by atoms with Crippen LogP contribution in [0.5, 0.6) is 0 Å². The van der Waals surface area contributed by atoms with E-state index in [0.29, 0.717) is 11.4 Å². The molecule has 1 N–H and O–H groups in total. The summed E-state index contributed by atoms with van der Waals surface area (Å²) in [6.45, 7) is 1.81. The second-order valence-electron chi connectivity index (χ2n) is 3.98. The predicted molar refractivity (Wildman–Crippen MR) is 74.9 cm³/mol. The van der Waals surface area contributed by atoms with Gasteiger partial charge < -0.3 is 5.32 Å². The molecule has 2 rings (SSSR count). The molecule has 0 atom stereocenters. The molecule has 0 fully saturated rings. The van der Waals surface area contributed by atoms with Crippen LogP contribution >= 0.6 is 0 Å². The molecule has 0 radical (unpaired) electrons. The van der Waals surface area contributed by atoms with E-state index < -0.39 is 6.03 Å². The number of aryl methyl sites for hydroxylation is 1. The maximum atomic E-state index is 12.0. The summed E-state index contributed by atoms with van der Waals surface area (Å²) in [5.74, 6) is 0. The van der Waals surface area contributed by atoms with Crippen molar-refractivity contribution in [1.29, 1.82) is 0 Å². The molecule has 0 aliphatic heterocycles. The van der Waals surface area contributed by atoms with Crippen LogP contribution in [0.4, 0.5) is 16.2 Å². The lowest BCUT2D eigenvalue weighted by Crippen LogP contribution is -2.30. The Morgan fingerprint density at radius 2 is 1.68 bits per heavy atom. The molecular weight excluding hydrogens is 242 g/mol. The molecule has 0 saturated heterocycles. The molecule has 2 aromatic carbocycles. The number of hydrogen-bond acceptors (Lipinski definition) is 3. The lowest BCUT2D eigenvalue weighted by atomic mass is 10.2. The van der Waals surface area contributed by atoms with Gasteiger partial charge in [0.05, 0.1) is 11.0 Å². The maximum absolute atomic E-state index is 12.0. The number of benzene rings is 2. The van der Waals surface area contributed by atoms with Gasteiger partial charge in [-0.1, -0.05) is 36.4 Å². The molecule has 0 saturated carbocycles. The Labute approximate surface area is 110 Å². The molecular formula is C14H13N3O2. The van der Waals surface area contributed by atoms with Crippen LogP contribution in [0.3, 0.4) is 0 Å². The molecule has 0 aliphatic carbocycles. The Morgan fingerprint density at radius 3 is 2.32 bits per heavy atom. The van der Waals surface area contributed by atoms with Gasteiger partial charge in [-0.2, -0.15) is 0 Å². The molecule has 5 nitrogen and oxygen atoms in total. The van der Waals surface area contributed by atoms with Crippen LogP contribution in [0.25, 0.3) is 0 Å². The molecule has 96 valence electrons. The highest BCUT2D eigenvalue weighted by molar-refractivity contribution is 6.01. The van der Waals surface area contributed by atoms with Gasteiger partial charge in [0, 0.05) is 5.69 Å². The van der Waals surface area contributed by atoms with Gasteiger partial charge in [-0.15, -0.1) is 9.92 Å². The zero-order valence-electron chi connectivity index (χ0n) is 10.4. The third-order valence-corrected chi connectivity index (χ3v) is 2.64. The number of carbonyl (C=O) groups is 1. The van der Waals surface area contributed by atoms with E-state index in [0.717, 1.165) is 10.6 Å². The minimum atomic E-state index is -0.587. The summed E-state index contributed by atoms with van der Waals surface area (Å²) >= 11 is 0. The number of para-hydroxylation sites is 2. The minimum Gasteiger partial charge on any atom is -0.306 e. The van der Waals surface area contributed by atoms with Crippen LogP contribution in [-0.4, -0.2) is 6.03 Å². The molecule has 2 aromatic rings. The summed E-state index contributed by atoms with van der Waals surface area (Å²) < 4.78 is 0. The lowest BCUT2D eigenvalue weighted by molar-refractivity contribution is 0.257. The first-order valence-electron chi connectivity index (χ1n) is 5.77. The summed E-state index contributed by atoms with van der Waals surface area (Å²) in [6.07, 6.45) is 0. The molecule has 2 amide bonds. The zero-order valence-corrected chi connectivity index (χ0v) is 10.4. The summed E-state index contributed by atoms with van der Waals surface area (Å²) in [5, 5.41) is 6.21. The molecule has 0 unspecified atom stereocenters. The van der Waals surface area contributed by atoms with Crippen LogP contribution in [0.1, 0.15) is 5.56 Å². The van der Waals surface area contributed by atoms with Gasteiger partial charge in [-0.05, 0) is 30.7 Å². The van der Waals surface area contributed by atoms with Gasteiger partial charge in [0.2, 0.25) is 0 Å². The van der Waals surface area contributed by atoms with Crippen LogP contribution in [0, 0.1) is 11.8 Å². The minimum absolute atomic E-state index is 0.464. The number of rotatable bonds is 3. The number of hydrogen-bond donors (Lipinski definition) is 1. The SMILES string of the molecule is Cc1ccccc1N(N=O)C(=O)Nc1ccccc1. The van der Waals surface area contributed by atoms with E-state index in [2.05, 4.69) is 10.6 Å². The Bertz CT molecular complexity index is 584. The topological polar surface area (TPSA) is 61.8 Å². The van der Waals surface area contributed by atoms with Crippen molar-refractivity contribution in [1.82, 2.24) is 0 Å². The highest BCUT2D eigenvalue weighted by atomic mass is 16.3. The number of nitroso groups, excluding NO2 is 1. The number of nitrogens with zero attached hydrogens (tertiary/aromatic N) is 2. The lowest BCUT2D eigenvalue weighted by Gasteiger charge is -2.16. The summed E-state index contributed by atoms with van der Waals surface area (Å²) in [7, 11) is 0. The van der Waals surface area contributed by atoms with Crippen LogP contribution in [0.15, 0.2) is 59.9 Å². The molecule has 0 bridgehead atoms. The van der Waals surface area contributed by atoms with Crippen LogP contribution < -0.4 is 10.3 Å². The van der Waals surface area contributed by atoms with Crippen molar-refractivity contribution in [3.05, 3.63) is 65.1 Å². The van der Waals surface area contributed by atoms with E-state index in [-0.39, 0.29) is 0 Å². The van der Waals surface area contributed by atoms with Gasteiger partial charge in [-0.3, -0.25) is 0 Å². The second-order valence-corrected chi connectivity index (χ2v) is 3.98. The molecule has 0 aromatic heterocycles. The fourth-order valence-corrected chi connectivity index (χ4v) is 1.69. The van der Waals surface area contributed by atoms with E-state index in [4.69, 9.17) is 0 Å². The normalized spacial score (nSPS) is 9.74. The van der Waals surface area contributed by atoms with Crippen molar-refractivity contribution in [2.45, 2.75) is 6.92 Å². The van der Waals surface area contributed by atoms with E-state index >= 15 is 0 Å². The number of amides is 2. The summed E-state index contributed by atoms with van der Waals surface area (Å²) in [4.78, 5) is 22.9. The number of carbonyl (C=O) groups excluding carboxylic acids is 1. The van der Waals surface area contributed by atoms with Crippen molar-refractivity contribution >= 4 is 17.4 Å². The third kappa shape index (κ3) is 2.95. The van der Waals surface area contributed by atoms with Crippen molar-refractivity contribution in [3.8, 4) is 0 Å². The van der Waals surface area contributed by atoms with Crippen LogP contribution in [0.2, 0.25) is 0 Å². The zero-order chi connectivity index (χ0) is 13.7. The summed E-state index contributed by atoms with van der Waals surface area (Å²) in [6, 6.07) is 15.4. The summed E-state index contributed by atoms with van der Waals surface area (Å²) in [5.41, 5.74) is 1.87. The van der Waals surface area contributed by atoms with Crippen molar-refractivity contribution < 1.29 is 4.79 Å². The van der Waals surface area contributed by atoms with Gasteiger partial charge >= 0.3 is 6.03 Å². The molecule has 0 aliphatic rings. The second kappa shape index (κ2) is 5.77. The monoisotopic (exact) mass is 255 g/mol. The van der Waals surface area contributed by atoms with Crippen molar-refractivity contribution in [2.75, 3.05) is 10.3 Å². The van der Waals surface area contributed by atoms with Crippen molar-refractivity contribution in [3.63, 3.8) is 0 Å². The van der Waals surface area contributed by atoms with Gasteiger partial charge in [0.15, 0.2) is 0 Å². The highest BCUT2D eigenvalue weighted by Gasteiger charge is 2.18. The van der Waals surface area contributed by atoms with E-state index in [1.807, 2.05) is 25.1 Å². The quantitative estimate of drug-likeness (QED) is 0.671. The highest BCUT2D eigenvalue weighted by Crippen LogP contribution is 2.20.